The molecule has 6 heterocycles. The number of rotatable bonds is 11. The van der Waals surface area contributed by atoms with Gasteiger partial charge < -0.3 is 19.4 Å². The van der Waals surface area contributed by atoms with Crippen LogP contribution >= 0.6 is 11.6 Å². The van der Waals surface area contributed by atoms with E-state index >= 15 is 0 Å². The number of carbonyl (C=O) groups excluding carboxylic acids is 4. The summed E-state index contributed by atoms with van der Waals surface area (Å²) >= 11 is 6.32. The van der Waals surface area contributed by atoms with Gasteiger partial charge in [0.2, 0.25) is 17.8 Å². The Balaban J connectivity index is 0.698. The summed E-state index contributed by atoms with van der Waals surface area (Å²) in [6.07, 6.45) is 6.53. The number of piperidine rings is 3. The number of aromatic nitrogens is 2. The zero-order chi connectivity index (χ0) is 44.5. The lowest BCUT2D eigenvalue weighted by Gasteiger charge is -2.43. The number of halogens is 1. The van der Waals surface area contributed by atoms with Gasteiger partial charge in [-0.2, -0.15) is 0 Å². The van der Waals surface area contributed by atoms with Gasteiger partial charge in [0.1, 0.15) is 18.4 Å². The highest BCUT2D eigenvalue weighted by Crippen LogP contribution is 2.37. The van der Waals surface area contributed by atoms with Crippen molar-refractivity contribution in [2.75, 3.05) is 68.7 Å². The first-order valence-corrected chi connectivity index (χ1v) is 22.9. The number of piperazine rings is 1. The van der Waals surface area contributed by atoms with E-state index in [0.29, 0.717) is 40.4 Å². The Bertz CT molecular complexity index is 2470. The quantitative estimate of drug-likeness (QED) is 0.131. The zero-order valence-corrected chi connectivity index (χ0v) is 37.2. The van der Waals surface area contributed by atoms with Gasteiger partial charge >= 0.3 is 0 Å². The van der Waals surface area contributed by atoms with Crippen molar-refractivity contribution >= 4 is 52.6 Å². The van der Waals surface area contributed by atoms with Crippen molar-refractivity contribution in [1.29, 1.82) is 0 Å². The Morgan fingerprint density at radius 1 is 0.797 bits per heavy atom. The second-order valence-electron chi connectivity index (χ2n) is 18.3. The summed E-state index contributed by atoms with van der Waals surface area (Å²) in [6, 6.07) is 20.5. The van der Waals surface area contributed by atoms with E-state index in [1.165, 1.54) is 12.8 Å². The Hall–Kier alpha value is -5.88. The fraction of sp³-hybridized carbons (Fsp3) is 0.449. The fourth-order valence-electron chi connectivity index (χ4n) is 10.1. The Morgan fingerprint density at radius 3 is 2.25 bits per heavy atom. The van der Waals surface area contributed by atoms with Crippen LogP contribution in [-0.2, 0) is 21.6 Å². The minimum absolute atomic E-state index is 0.102. The fourth-order valence-corrected chi connectivity index (χ4v) is 10.3. The number of nitrogens with one attached hydrogen (secondary N) is 1. The molecule has 4 saturated heterocycles. The molecular weight excluding hydrogens is 830 g/mol. The summed E-state index contributed by atoms with van der Waals surface area (Å²) < 4.78 is 6.16. The molecule has 14 nitrogen and oxygen atoms in total. The Kier molecular flexibility index (Phi) is 12.4. The maximum Gasteiger partial charge on any atom is 0.262 e. The lowest BCUT2D eigenvalue weighted by molar-refractivity contribution is -0.136. The van der Waals surface area contributed by atoms with Gasteiger partial charge in [-0.3, -0.25) is 34.3 Å². The van der Waals surface area contributed by atoms with Crippen LogP contribution in [-0.4, -0.2) is 119 Å². The smallest absolute Gasteiger partial charge is 0.262 e. The number of benzene rings is 3. The van der Waals surface area contributed by atoms with Gasteiger partial charge in [0.15, 0.2) is 5.69 Å². The molecule has 64 heavy (non-hydrogen) atoms. The van der Waals surface area contributed by atoms with Crippen LogP contribution in [0.3, 0.4) is 0 Å². The molecule has 0 radical (unpaired) electrons. The SMILES string of the molecule is [C-]#[N+]c1cc(Cl)cc(C(C)(C)c2ccc(OCc3ccnc(N4CCN(C5CCN(CC6CCN(c7ccc8c(c7)C(=O)N(C7CCC(=O)NC7=O)C8=O)CC6)CC5)CC4)n3)cc2)c1. The highest BCUT2D eigenvalue weighted by atomic mass is 35.5. The van der Waals surface area contributed by atoms with Crippen LogP contribution in [0.15, 0.2) is 72.9 Å². The molecule has 0 bridgehead atoms. The predicted molar refractivity (Wildman–Crippen MR) is 244 cm³/mol. The molecule has 15 heteroatoms. The number of fused-ring (bicyclic) bond motifs is 1. The summed E-state index contributed by atoms with van der Waals surface area (Å²) in [5.41, 5.74) is 4.67. The van der Waals surface area contributed by atoms with Crippen LogP contribution in [0.25, 0.3) is 4.85 Å². The van der Waals surface area contributed by atoms with Gasteiger partial charge in [0.05, 0.1) is 23.4 Å². The van der Waals surface area contributed by atoms with Crippen molar-refractivity contribution in [3.63, 3.8) is 0 Å². The Labute approximate surface area is 379 Å². The number of imide groups is 2. The summed E-state index contributed by atoms with van der Waals surface area (Å²) in [5.74, 6) is 0.196. The van der Waals surface area contributed by atoms with Crippen LogP contribution in [0.4, 0.5) is 17.3 Å². The number of ether oxygens (including phenoxy) is 1. The monoisotopic (exact) mass is 883 g/mol. The predicted octanol–water partition coefficient (Wildman–Crippen LogP) is 6.49. The van der Waals surface area contributed by atoms with E-state index in [2.05, 4.69) is 60.7 Å². The average Bonchev–Trinajstić information content (AvgIpc) is 3.56. The van der Waals surface area contributed by atoms with Crippen LogP contribution in [0.5, 0.6) is 5.75 Å². The van der Waals surface area contributed by atoms with Crippen molar-refractivity contribution in [3.05, 3.63) is 117 Å². The lowest BCUT2D eigenvalue weighted by atomic mass is 9.78. The highest BCUT2D eigenvalue weighted by Gasteiger charge is 2.45. The molecule has 5 aliphatic rings. The van der Waals surface area contributed by atoms with Gasteiger partial charge in [-0.25, -0.2) is 14.8 Å². The molecular formula is C49H54ClN9O5. The first kappa shape index (κ1) is 43.4. The van der Waals surface area contributed by atoms with Crippen LogP contribution < -0.4 is 19.9 Å². The van der Waals surface area contributed by atoms with E-state index in [1.807, 2.05) is 42.6 Å². The van der Waals surface area contributed by atoms with Crippen LogP contribution in [0.1, 0.15) is 89.9 Å². The van der Waals surface area contributed by atoms with Crippen molar-refractivity contribution in [3.8, 4) is 5.75 Å². The van der Waals surface area contributed by atoms with Crippen molar-refractivity contribution in [2.45, 2.75) is 76.5 Å². The molecule has 0 aliphatic carbocycles. The molecule has 1 atom stereocenters. The molecule has 0 saturated carbocycles. The maximum absolute atomic E-state index is 13.4. The van der Waals surface area contributed by atoms with Crippen molar-refractivity contribution in [1.82, 2.24) is 30.0 Å². The zero-order valence-electron chi connectivity index (χ0n) is 36.5. The summed E-state index contributed by atoms with van der Waals surface area (Å²) in [7, 11) is 0. The standard InChI is InChI=1S/C49H54ClN9O5/c1-49(2,34-26-35(50)28-37(27-34)51-3)33-4-7-40(8-5-33)64-31-36-12-17-52-48(53-36)58-24-22-57(23-25-58)38-15-18-55(19-16-38)30-32-13-20-56(21-14-32)39-6-9-41-42(29-39)47(63)59(46(41)62)43-10-11-44(60)54-45(43)61/h4-9,12,17,26-29,32,38,43H,10-11,13-16,18-25,30-31H2,1-2H3,(H,54,60,61). The van der Waals surface area contributed by atoms with Gasteiger partial charge in [0, 0.05) is 80.6 Å². The number of amides is 4. The van der Waals surface area contributed by atoms with Crippen LogP contribution in [0, 0.1) is 12.5 Å². The van der Waals surface area contributed by atoms with Crippen LogP contribution in [0.2, 0.25) is 5.02 Å². The van der Waals surface area contributed by atoms with Gasteiger partial charge in [-0.05, 0) is 111 Å². The molecule has 4 aromatic rings. The maximum atomic E-state index is 13.4. The van der Waals surface area contributed by atoms with Gasteiger partial charge in [0.25, 0.3) is 11.8 Å². The molecule has 3 aromatic carbocycles. The molecule has 0 spiro atoms. The van der Waals surface area contributed by atoms with E-state index < -0.39 is 23.8 Å². The first-order chi connectivity index (χ1) is 30.9. The summed E-state index contributed by atoms with van der Waals surface area (Å²) in [5, 5.41) is 2.82. The van der Waals surface area contributed by atoms with Gasteiger partial charge in [-0.15, -0.1) is 0 Å². The molecule has 1 aromatic heterocycles. The minimum Gasteiger partial charge on any atom is -0.487 e. The molecule has 1 N–H and O–H groups in total. The number of hydrogen-bond acceptors (Lipinski definition) is 11. The number of likely N-dealkylation sites (tertiary alicyclic amines) is 1. The summed E-state index contributed by atoms with van der Waals surface area (Å²) in [6.45, 7) is 20.8. The highest BCUT2D eigenvalue weighted by molar-refractivity contribution is 6.31. The number of anilines is 2. The molecule has 4 fully saturated rings. The third-order valence-electron chi connectivity index (χ3n) is 14.0. The third-order valence-corrected chi connectivity index (χ3v) is 14.2. The molecule has 332 valence electrons. The number of carbonyl (C=O) groups is 4. The molecule has 9 rings (SSSR count). The number of nitrogens with zero attached hydrogens (tertiary/aromatic N) is 8. The average molecular weight is 884 g/mol. The van der Waals surface area contributed by atoms with E-state index in [4.69, 9.17) is 27.9 Å². The van der Waals surface area contributed by atoms with E-state index in [9.17, 15) is 19.2 Å². The van der Waals surface area contributed by atoms with Crippen molar-refractivity contribution in [2.24, 2.45) is 5.92 Å². The van der Waals surface area contributed by atoms with E-state index in [-0.39, 0.29) is 24.2 Å². The Morgan fingerprint density at radius 2 is 1.53 bits per heavy atom. The number of hydrogen-bond donors (Lipinski definition) is 1. The molecule has 4 amide bonds. The molecule has 5 aliphatic heterocycles. The topological polar surface area (TPSA) is 136 Å². The molecule has 1 unspecified atom stereocenters. The summed E-state index contributed by atoms with van der Waals surface area (Å²) in [4.78, 5) is 74.6. The first-order valence-electron chi connectivity index (χ1n) is 22.5. The van der Waals surface area contributed by atoms with E-state index in [0.717, 1.165) is 111 Å². The minimum atomic E-state index is -0.960. The second-order valence-corrected chi connectivity index (χ2v) is 18.7. The van der Waals surface area contributed by atoms with Gasteiger partial charge in [-0.1, -0.05) is 43.6 Å². The lowest BCUT2D eigenvalue weighted by Crippen LogP contribution is -2.54. The normalized spacial score (nSPS) is 20.7. The third kappa shape index (κ3) is 9.07. The second kappa shape index (κ2) is 18.3. The largest absolute Gasteiger partial charge is 0.487 e. The van der Waals surface area contributed by atoms with E-state index in [1.54, 1.807) is 18.2 Å². The van der Waals surface area contributed by atoms with Crippen molar-refractivity contribution < 1.29 is 23.9 Å².